The van der Waals surface area contributed by atoms with Gasteiger partial charge < -0.3 is 5.32 Å². The van der Waals surface area contributed by atoms with Gasteiger partial charge in [0.05, 0.1) is 0 Å². The topological polar surface area (TPSA) is 12.0 Å². The van der Waals surface area contributed by atoms with Gasteiger partial charge in [-0.05, 0) is 43.7 Å². The van der Waals surface area contributed by atoms with Gasteiger partial charge in [0, 0.05) is 12.6 Å². The highest BCUT2D eigenvalue weighted by Gasteiger charge is 2.35. The van der Waals surface area contributed by atoms with Gasteiger partial charge in [-0.15, -0.1) is 0 Å². The highest BCUT2D eigenvalue weighted by atomic mass is 15.0. The summed E-state index contributed by atoms with van der Waals surface area (Å²) >= 11 is 0. The fourth-order valence-electron chi connectivity index (χ4n) is 2.47. The molecular weight excluding hydrogens is 194 g/mol. The third-order valence-electron chi connectivity index (χ3n) is 3.63. The number of nitrogens with one attached hydrogen (secondary N) is 1. The average molecular weight is 217 g/mol. The molecule has 0 saturated heterocycles. The Balaban J connectivity index is 1.82. The Hall–Kier alpha value is -0.820. The first-order chi connectivity index (χ1) is 7.70. The van der Waals surface area contributed by atoms with E-state index in [2.05, 4.69) is 44.3 Å². The smallest absolute Gasteiger partial charge is 0.0210 e. The van der Waals surface area contributed by atoms with Crippen LogP contribution < -0.4 is 5.32 Å². The molecule has 1 aromatic carbocycles. The fraction of sp³-hybridized carbons (Fsp3) is 0.600. The predicted molar refractivity (Wildman–Crippen MR) is 69.6 cm³/mol. The first kappa shape index (κ1) is 11.7. The molecule has 2 atom stereocenters. The van der Waals surface area contributed by atoms with Crippen LogP contribution in [0.3, 0.4) is 0 Å². The second-order valence-electron chi connectivity index (χ2n) is 5.20. The molecule has 16 heavy (non-hydrogen) atoms. The van der Waals surface area contributed by atoms with Gasteiger partial charge in [0.15, 0.2) is 0 Å². The van der Waals surface area contributed by atoms with Gasteiger partial charge in [0.25, 0.3) is 0 Å². The summed E-state index contributed by atoms with van der Waals surface area (Å²) in [4.78, 5) is 0. The molecule has 0 radical (unpaired) electrons. The lowest BCUT2D eigenvalue weighted by atomic mass is 10.1. The molecule has 88 valence electrons. The van der Waals surface area contributed by atoms with E-state index in [1.165, 1.54) is 36.0 Å². The fourth-order valence-corrected chi connectivity index (χ4v) is 2.47. The van der Waals surface area contributed by atoms with E-state index in [0.717, 1.165) is 18.5 Å². The number of benzene rings is 1. The molecule has 1 nitrogen and oxygen atoms in total. The Morgan fingerprint density at radius 1 is 1.31 bits per heavy atom. The summed E-state index contributed by atoms with van der Waals surface area (Å²) in [5, 5.41) is 3.67. The van der Waals surface area contributed by atoms with Crippen molar-refractivity contribution in [2.45, 2.75) is 52.6 Å². The van der Waals surface area contributed by atoms with Crippen LogP contribution in [0.1, 0.15) is 42.9 Å². The highest BCUT2D eigenvalue weighted by molar-refractivity contribution is 5.30. The minimum absolute atomic E-state index is 0.792. The molecule has 0 amide bonds. The maximum atomic E-state index is 3.67. The maximum Gasteiger partial charge on any atom is 0.0210 e. The highest BCUT2D eigenvalue weighted by Crippen LogP contribution is 2.34. The zero-order valence-corrected chi connectivity index (χ0v) is 10.7. The summed E-state index contributed by atoms with van der Waals surface area (Å²) in [5.74, 6) is 0.954. The summed E-state index contributed by atoms with van der Waals surface area (Å²) in [6.45, 7) is 7.68. The van der Waals surface area contributed by atoms with Crippen molar-refractivity contribution >= 4 is 0 Å². The number of hydrogen-bond acceptors (Lipinski definition) is 1. The zero-order chi connectivity index (χ0) is 11.5. The van der Waals surface area contributed by atoms with Gasteiger partial charge in [-0.2, -0.15) is 0 Å². The zero-order valence-electron chi connectivity index (χ0n) is 10.7. The van der Waals surface area contributed by atoms with E-state index >= 15 is 0 Å². The molecule has 0 bridgehead atoms. The standard InChI is InChI=1S/C15H23N/c1-4-5-13-9-15(13)16-10-14-7-6-11(2)8-12(14)3/h6-8,13,15-16H,4-5,9-10H2,1-3H3. The Labute approximate surface area is 99.3 Å². The van der Waals surface area contributed by atoms with Crippen LogP contribution in [0.25, 0.3) is 0 Å². The monoisotopic (exact) mass is 217 g/mol. The molecule has 0 spiro atoms. The predicted octanol–water partition coefficient (Wildman–Crippen LogP) is 3.58. The first-order valence-electron chi connectivity index (χ1n) is 6.50. The lowest BCUT2D eigenvalue weighted by molar-refractivity contribution is 0.598. The Morgan fingerprint density at radius 2 is 2.12 bits per heavy atom. The molecule has 1 saturated carbocycles. The van der Waals surface area contributed by atoms with Crippen LogP contribution in [-0.4, -0.2) is 6.04 Å². The van der Waals surface area contributed by atoms with Crippen LogP contribution in [0, 0.1) is 19.8 Å². The van der Waals surface area contributed by atoms with Crippen molar-refractivity contribution in [2.24, 2.45) is 5.92 Å². The molecule has 1 fully saturated rings. The third-order valence-corrected chi connectivity index (χ3v) is 3.63. The summed E-state index contributed by atoms with van der Waals surface area (Å²) in [6, 6.07) is 7.53. The second-order valence-corrected chi connectivity index (χ2v) is 5.20. The Morgan fingerprint density at radius 3 is 2.81 bits per heavy atom. The van der Waals surface area contributed by atoms with Crippen LogP contribution in [-0.2, 0) is 6.54 Å². The Kier molecular flexibility index (Phi) is 3.65. The van der Waals surface area contributed by atoms with Crippen molar-refractivity contribution in [3.63, 3.8) is 0 Å². The molecule has 2 rings (SSSR count). The van der Waals surface area contributed by atoms with E-state index in [0.29, 0.717) is 0 Å². The van der Waals surface area contributed by atoms with Crippen LogP contribution in [0.2, 0.25) is 0 Å². The van der Waals surface area contributed by atoms with Gasteiger partial charge in [-0.3, -0.25) is 0 Å². The second kappa shape index (κ2) is 5.01. The normalized spacial score (nSPS) is 23.4. The quantitative estimate of drug-likeness (QED) is 0.795. The van der Waals surface area contributed by atoms with Crippen molar-refractivity contribution in [1.29, 1.82) is 0 Å². The molecule has 1 aromatic rings. The van der Waals surface area contributed by atoms with Crippen molar-refractivity contribution in [1.82, 2.24) is 5.32 Å². The molecular formula is C15H23N. The van der Waals surface area contributed by atoms with E-state index in [1.807, 2.05) is 0 Å². The van der Waals surface area contributed by atoms with E-state index in [1.54, 1.807) is 0 Å². The van der Waals surface area contributed by atoms with Gasteiger partial charge in [0.2, 0.25) is 0 Å². The molecule has 1 N–H and O–H groups in total. The number of aryl methyl sites for hydroxylation is 2. The lowest BCUT2D eigenvalue weighted by Gasteiger charge is -2.08. The number of hydrogen-bond donors (Lipinski definition) is 1. The van der Waals surface area contributed by atoms with E-state index in [9.17, 15) is 0 Å². The van der Waals surface area contributed by atoms with Crippen LogP contribution in [0.4, 0.5) is 0 Å². The minimum atomic E-state index is 0.792. The summed E-state index contributed by atoms with van der Waals surface area (Å²) in [5.41, 5.74) is 4.23. The SMILES string of the molecule is CCCC1CC1NCc1ccc(C)cc1C. The summed E-state index contributed by atoms with van der Waals surface area (Å²) in [6.07, 6.45) is 4.11. The molecule has 0 heterocycles. The summed E-state index contributed by atoms with van der Waals surface area (Å²) in [7, 11) is 0. The minimum Gasteiger partial charge on any atom is -0.310 e. The molecule has 2 unspecified atom stereocenters. The van der Waals surface area contributed by atoms with Crippen LogP contribution in [0.15, 0.2) is 18.2 Å². The van der Waals surface area contributed by atoms with Crippen molar-refractivity contribution in [3.8, 4) is 0 Å². The van der Waals surface area contributed by atoms with Crippen LogP contribution in [0.5, 0.6) is 0 Å². The van der Waals surface area contributed by atoms with Gasteiger partial charge >= 0.3 is 0 Å². The molecule has 1 heteroatoms. The van der Waals surface area contributed by atoms with Crippen molar-refractivity contribution in [3.05, 3.63) is 34.9 Å². The lowest BCUT2D eigenvalue weighted by Crippen LogP contribution is -2.18. The third kappa shape index (κ3) is 2.85. The average Bonchev–Trinajstić information content (AvgIpc) is 2.96. The van der Waals surface area contributed by atoms with E-state index in [4.69, 9.17) is 0 Å². The summed E-state index contributed by atoms with van der Waals surface area (Å²) < 4.78 is 0. The largest absolute Gasteiger partial charge is 0.310 e. The van der Waals surface area contributed by atoms with Crippen molar-refractivity contribution in [2.75, 3.05) is 0 Å². The number of rotatable bonds is 5. The van der Waals surface area contributed by atoms with Gasteiger partial charge in [-0.1, -0.05) is 37.1 Å². The first-order valence-corrected chi connectivity index (χ1v) is 6.50. The van der Waals surface area contributed by atoms with E-state index in [-0.39, 0.29) is 0 Å². The molecule has 1 aliphatic rings. The van der Waals surface area contributed by atoms with Crippen molar-refractivity contribution < 1.29 is 0 Å². The maximum absolute atomic E-state index is 3.67. The molecule has 0 aliphatic heterocycles. The Bertz CT molecular complexity index is 356. The van der Waals surface area contributed by atoms with Crippen LogP contribution >= 0.6 is 0 Å². The van der Waals surface area contributed by atoms with E-state index < -0.39 is 0 Å². The van der Waals surface area contributed by atoms with Gasteiger partial charge in [0.1, 0.15) is 0 Å². The molecule has 0 aromatic heterocycles. The molecule has 1 aliphatic carbocycles. The van der Waals surface area contributed by atoms with Gasteiger partial charge in [-0.25, -0.2) is 0 Å².